The Kier molecular flexibility index (Phi) is 3.22. The third-order valence-corrected chi connectivity index (χ3v) is 5.05. The van der Waals surface area contributed by atoms with Crippen LogP contribution >= 0.6 is 0 Å². The number of likely N-dealkylation sites (N-methyl/N-ethyl adjacent to an activating group) is 1. The molecule has 5 nitrogen and oxygen atoms in total. The summed E-state index contributed by atoms with van der Waals surface area (Å²) in [4.78, 5) is 13.3. The molecule has 1 aromatic carbocycles. The minimum Gasteiger partial charge on any atom is -0.368 e. The van der Waals surface area contributed by atoms with Crippen molar-refractivity contribution in [3.05, 3.63) is 36.5 Å². The zero-order valence-corrected chi connectivity index (χ0v) is 12.8. The maximum atomic E-state index is 5.66. The summed E-state index contributed by atoms with van der Waals surface area (Å²) in [6.07, 6.45) is 4.36. The molecule has 1 aromatic heterocycles. The van der Waals surface area contributed by atoms with Crippen molar-refractivity contribution in [3.8, 4) is 11.3 Å². The fourth-order valence-corrected chi connectivity index (χ4v) is 3.70. The molecule has 5 heteroatoms. The molecule has 0 saturated carbocycles. The summed E-state index contributed by atoms with van der Waals surface area (Å²) in [7, 11) is 2.27. The number of hydrogen-bond donors (Lipinski definition) is 1. The Bertz CT molecular complexity index is 655. The van der Waals surface area contributed by atoms with Crippen molar-refractivity contribution in [2.24, 2.45) is 0 Å². The van der Waals surface area contributed by atoms with Crippen LogP contribution in [0, 0.1) is 0 Å². The summed E-state index contributed by atoms with van der Waals surface area (Å²) >= 11 is 0. The van der Waals surface area contributed by atoms with E-state index in [0.29, 0.717) is 18.0 Å². The molecule has 2 aromatic rings. The van der Waals surface area contributed by atoms with Gasteiger partial charge in [0.15, 0.2) is 0 Å². The molecule has 22 heavy (non-hydrogen) atoms. The second-order valence-electron chi connectivity index (χ2n) is 6.30. The average molecular weight is 295 g/mol. The highest BCUT2D eigenvalue weighted by Crippen LogP contribution is 2.32. The van der Waals surface area contributed by atoms with Gasteiger partial charge in [0, 0.05) is 42.6 Å². The van der Waals surface area contributed by atoms with Crippen molar-refractivity contribution in [2.45, 2.75) is 24.9 Å². The number of benzene rings is 1. The van der Waals surface area contributed by atoms with Crippen LogP contribution in [0.3, 0.4) is 0 Å². The van der Waals surface area contributed by atoms with E-state index in [1.54, 1.807) is 6.20 Å². The first-order valence-electron chi connectivity index (χ1n) is 7.86. The van der Waals surface area contributed by atoms with Crippen molar-refractivity contribution in [1.82, 2.24) is 14.9 Å². The fraction of sp³-hybridized carbons (Fsp3) is 0.412. The summed E-state index contributed by atoms with van der Waals surface area (Å²) < 4.78 is 0. The molecule has 3 heterocycles. The number of fused-ring (bicyclic) bond motifs is 2. The van der Waals surface area contributed by atoms with Gasteiger partial charge >= 0.3 is 0 Å². The minimum absolute atomic E-state index is 0.317. The van der Waals surface area contributed by atoms with Gasteiger partial charge in [0.25, 0.3) is 0 Å². The van der Waals surface area contributed by atoms with Crippen LogP contribution in [0.15, 0.2) is 36.5 Å². The van der Waals surface area contributed by atoms with Crippen LogP contribution < -0.4 is 10.6 Å². The highest BCUT2D eigenvalue weighted by atomic mass is 15.3. The molecule has 2 unspecified atom stereocenters. The monoisotopic (exact) mass is 295 g/mol. The Morgan fingerprint density at radius 2 is 1.73 bits per heavy atom. The van der Waals surface area contributed by atoms with Gasteiger partial charge < -0.3 is 10.6 Å². The molecule has 2 aliphatic rings. The lowest BCUT2D eigenvalue weighted by Gasteiger charge is -2.40. The van der Waals surface area contributed by atoms with E-state index in [2.05, 4.69) is 51.1 Å². The summed E-state index contributed by atoms with van der Waals surface area (Å²) in [6.45, 7) is 2.26. The molecule has 0 spiro atoms. The van der Waals surface area contributed by atoms with E-state index in [0.717, 1.165) is 24.3 Å². The predicted molar refractivity (Wildman–Crippen MR) is 88.7 cm³/mol. The highest BCUT2D eigenvalue weighted by Gasteiger charge is 2.37. The Morgan fingerprint density at radius 3 is 2.36 bits per heavy atom. The normalized spacial score (nSPS) is 24.7. The molecule has 2 saturated heterocycles. The van der Waals surface area contributed by atoms with Crippen LogP contribution in [-0.4, -0.2) is 47.1 Å². The summed E-state index contributed by atoms with van der Waals surface area (Å²) in [5, 5.41) is 0. The summed E-state index contributed by atoms with van der Waals surface area (Å²) in [5.74, 6) is 0.317. The first kappa shape index (κ1) is 13.5. The van der Waals surface area contributed by atoms with Crippen LogP contribution in [0.1, 0.15) is 12.8 Å². The Hall–Kier alpha value is -2.14. The van der Waals surface area contributed by atoms with Crippen LogP contribution in [0.25, 0.3) is 11.3 Å². The molecular weight excluding hydrogens is 274 g/mol. The Balaban J connectivity index is 1.55. The molecule has 0 amide bonds. The number of nitrogens with zero attached hydrogens (tertiary/aromatic N) is 4. The standard InChI is InChI=1S/C17H21N5/c1-21-14-6-7-15(21)11-22(10-14)13-4-2-12(3-5-13)16-8-9-19-17(18)20-16/h2-5,8-9,14-15H,6-7,10-11H2,1H3,(H2,18,19,20). The van der Waals surface area contributed by atoms with Gasteiger partial charge in [-0.25, -0.2) is 9.97 Å². The zero-order chi connectivity index (χ0) is 15.1. The highest BCUT2D eigenvalue weighted by molar-refractivity contribution is 5.63. The van der Waals surface area contributed by atoms with Gasteiger partial charge in [0.1, 0.15) is 0 Å². The van der Waals surface area contributed by atoms with Gasteiger partial charge in [0.2, 0.25) is 5.95 Å². The van der Waals surface area contributed by atoms with E-state index < -0.39 is 0 Å². The second kappa shape index (κ2) is 5.25. The molecular formula is C17H21N5. The van der Waals surface area contributed by atoms with E-state index in [9.17, 15) is 0 Å². The molecule has 0 radical (unpaired) electrons. The molecule has 0 aliphatic carbocycles. The van der Waals surface area contributed by atoms with Gasteiger partial charge in [-0.15, -0.1) is 0 Å². The molecule has 114 valence electrons. The summed E-state index contributed by atoms with van der Waals surface area (Å²) in [5.41, 5.74) is 8.91. The topological polar surface area (TPSA) is 58.3 Å². The average Bonchev–Trinajstić information content (AvgIpc) is 2.76. The Labute approximate surface area is 130 Å². The molecule has 2 aliphatic heterocycles. The first-order chi connectivity index (χ1) is 10.7. The smallest absolute Gasteiger partial charge is 0.220 e. The predicted octanol–water partition coefficient (Wildman–Crippen LogP) is 2.01. The number of aromatic nitrogens is 2. The number of nitrogens with two attached hydrogens (primary N) is 1. The van der Waals surface area contributed by atoms with E-state index in [4.69, 9.17) is 5.73 Å². The molecule has 2 fully saturated rings. The SMILES string of the molecule is CN1C2CCC1CN(c1ccc(-c3ccnc(N)n3)cc1)C2. The van der Waals surface area contributed by atoms with Gasteiger partial charge in [-0.05, 0) is 38.1 Å². The number of anilines is 2. The van der Waals surface area contributed by atoms with E-state index in [-0.39, 0.29) is 0 Å². The quantitative estimate of drug-likeness (QED) is 0.918. The lowest BCUT2D eigenvalue weighted by molar-refractivity contribution is 0.212. The van der Waals surface area contributed by atoms with E-state index >= 15 is 0 Å². The lowest BCUT2D eigenvalue weighted by Crippen LogP contribution is -2.51. The fourth-order valence-electron chi connectivity index (χ4n) is 3.70. The first-order valence-corrected chi connectivity index (χ1v) is 7.86. The van der Waals surface area contributed by atoms with E-state index in [1.807, 2.05) is 6.07 Å². The maximum Gasteiger partial charge on any atom is 0.220 e. The van der Waals surface area contributed by atoms with Crippen molar-refractivity contribution in [2.75, 3.05) is 30.8 Å². The van der Waals surface area contributed by atoms with E-state index in [1.165, 1.54) is 18.5 Å². The Morgan fingerprint density at radius 1 is 1.05 bits per heavy atom. The molecule has 2 N–H and O–H groups in total. The zero-order valence-electron chi connectivity index (χ0n) is 12.8. The number of piperazine rings is 1. The largest absolute Gasteiger partial charge is 0.368 e. The third kappa shape index (κ3) is 2.31. The second-order valence-corrected chi connectivity index (χ2v) is 6.30. The minimum atomic E-state index is 0.317. The number of hydrogen-bond acceptors (Lipinski definition) is 5. The molecule has 2 bridgehead atoms. The van der Waals surface area contributed by atoms with Gasteiger partial charge in [-0.2, -0.15) is 0 Å². The number of nitrogen functional groups attached to an aromatic ring is 1. The van der Waals surface area contributed by atoms with Gasteiger partial charge in [-0.1, -0.05) is 12.1 Å². The molecule has 2 atom stereocenters. The van der Waals surface area contributed by atoms with Crippen molar-refractivity contribution in [3.63, 3.8) is 0 Å². The lowest BCUT2D eigenvalue weighted by atomic mass is 10.1. The van der Waals surface area contributed by atoms with Crippen molar-refractivity contribution < 1.29 is 0 Å². The van der Waals surface area contributed by atoms with Crippen molar-refractivity contribution >= 4 is 11.6 Å². The van der Waals surface area contributed by atoms with Crippen LogP contribution in [0.5, 0.6) is 0 Å². The number of rotatable bonds is 2. The summed E-state index contributed by atoms with van der Waals surface area (Å²) in [6, 6.07) is 11.9. The molecule has 4 rings (SSSR count). The van der Waals surface area contributed by atoms with Crippen LogP contribution in [0.4, 0.5) is 11.6 Å². The van der Waals surface area contributed by atoms with Gasteiger partial charge in [-0.3, -0.25) is 4.90 Å². The maximum absolute atomic E-state index is 5.66. The van der Waals surface area contributed by atoms with Crippen molar-refractivity contribution in [1.29, 1.82) is 0 Å². The third-order valence-electron chi connectivity index (χ3n) is 5.05. The van der Waals surface area contributed by atoms with Crippen LogP contribution in [-0.2, 0) is 0 Å². The van der Waals surface area contributed by atoms with Gasteiger partial charge in [0.05, 0.1) is 5.69 Å². The van der Waals surface area contributed by atoms with Crippen LogP contribution in [0.2, 0.25) is 0 Å².